The van der Waals surface area contributed by atoms with Crippen LogP contribution in [-0.2, 0) is 9.05 Å². The first kappa shape index (κ1) is 11.9. The molecule has 0 bridgehead atoms. The average Bonchev–Trinajstić information content (AvgIpc) is 2.07. The monoisotopic (exact) mass is 274 g/mol. The standard InChI is InChI=1S/C7H5Cl3O3S/c1-13-7-5(14(10,11)12)3-2-4(8)6(7)9/h2-3H,1H3. The van der Waals surface area contributed by atoms with E-state index in [4.69, 9.17) is 38.6 Å². The van der Waals surface area contributed by atoms with Crippen molar-refractivity contribution >= 4 is 42.9 Å². The van der Waals surface area contributed by atoms with Gasteiger partial charge in [0.1, 0.15) is 9.92 Å². The van der Waals surface area contributed by atoms with E-state index in [9.17, 15) is 8.42 Å². The Bertz CT molecular complexity index is 455. The lowest BCUT2D eigenvalue weighted by Crippen LogP contribution is -1.96. The van der Waals surface area contributed by atoms with Gasteiger partial charge in [-0.05, 0) is 12.1 Å². The van der Waals surface area contributed by atoms with Crippen LogP contribution in [0.1, 0.15) is 0 Å². The molecule has 0 aliphatic carbocycles. The van der Waals surface area contributed by atoms with Gasteiger partial charge in [-0.15, -0.1) is 0 Å². The second-order valence-electron chi connectivity index (χ2n) is 2.33. The molecule has 0 aliphatic rings. The minimum absolute atomic E-state index is 0.0240. The first-order chi connectivity index (χ1) is 6.38. The van der Waals surface area contributed by atoms with Gasteiger partial charge in [0.05, 0.1) is 12.1 Å². The molecule has 1 aromatic rings. The van der Waals surface area contributed by atoms with E-state index in [1.54, 1.807) is 0 Å². The van der Waals surface area contributed by atoms with Gasteiger partial charge in [0.15, 0.2) is 5.75 Å². The lowest BCUT2D eigenvalue weighted by Gasteiger charge is -2.08. The number of hydrogen-bond acceptors (Lipinski definition) is 3. The van der Waals surface area contributed by atoms with Crippen LogP contribution in [0.25, 0.3) is 0 Å². The van der Waals surface area contributed by atoms with Gasteiger partial charge in [0, 0.05) is 10.7 Å². The summed E-state index contributed by atoms with van der Waals surface area (Å²) in [6, 6.07) is 2.57. The Labute approximate surface area is 95.9 Å². The number of benzene rings is 1. The summed E-state index contributed by atoms with van der Waals surface area (Å²) < 4.78 is 26.9. The largest absolute Gasteiger partial charge is 0.494 e. The molecule has 0 atom stereocenters. The van der Waals surface area contributed by atoms with Crippen molar-refractivity contribution in [3.05, 3.63) is 22.2 Å². The molecule has 0 heterocycles. The quantitative estimate of drug-likeness (QED) is 0.780. The molecule has 0 saturated carbocycles. The van der Waals surface area contributed by atoms with E-state index in [-0.39, 0.29) is 20.7 Å². The normalized spacial score (nSPS) is 11.4. The fourth-order valence-electron chi connectivity index (χ4n) is 0.897. The Kier molecular flexibility index (Phi) is 3.53. The summed E-state index contributed by atoms with van der Waals surface area (Å²) in [6.07, 6.45) is 0. The molecular formula is C7H5Cl3O3S. The van der Waals surface area contributed by atoms with Crippen molar-refractivity contribution in [2.24, 2.45) is 0 Å². The lowest BCUT2D eigenvalue weighted by atomic mass is 10.3. The summed E-state index contributed by atoms with van der Waals surface area (Å²) in [4.78, 5) is -0.198. The minimum atomic E-state index is -3.88. The van der Waals surface area contributed by atoms with Gasteiger partial charge < -0.3 is 4.74 Å². The zero-order chi connectivity index (χ0) is 10.9. The molecule has 3 nitrogen and oxygen atoms in total. The van der Waals surface area contributed by atoms with Crippen molar-refractivity contribution in [2.45, 2.75) is 4.90 Å². The van der Waals surface area contributed by atoms with Crippen molar-refractivity contribution in [1.29, 1.82) is 0 Å². The maximum atomic E-state index is 11.1. The molecule has 0 N–H and O–H groups in total. The summed E-state index contributed by atoms with van der Waals surface area (Å²) in [6.45, 7) is 0. The summed E-state index contributed by atoms with van der Waals surface area (Å²) in [7, 11) is 2.56. The summed E-state index contributed by atoms with van der Waals surface area (Å²) in [5.41, 5.74) is 0. The summed E-state index contributed by atoms with van der Waals surface area (Å²) >= 11 is 11.4. The molecule has 0 saturated heterocycles. The Balaban J connectivity index is 3.55. The maximum absolute atomic E-state index is 11.1. The lowest BCUT2D eigenvalue weighted by molar-refractivity contribution is 0.403. The highest BCUT2D eigenvalue weighted by atomic mass is 35.7. The highest BCUT2D eigenvalue weighted by molar-refractivity contribution is 8.13. The molecule has 78 valence electrons. The highest BCUT2D eigenvalue weighted by Crippen LogP contribution is 2.38. The average molecular weight is 276 g/mol. The van der Waals surface area contributed by atoms with Gasteiger partial charge >= 0.3 is 0 Å². The summed E-state index contributed by atoms with van der Waals surface area (Å²) in [5.74, 6) is -0.0471. The molecule has 0 radical (unpaired) electrons. The van der Waals surface area contributed by atoms with Crippen molar-refractivity contribution in [3.8, 4) is 5.75 Å². The van der Waals surface area contributed by atoms with Crippen molar-refractivity contribution in [2.75, 3.05) is 7.11 Å². The SMILES string of the molecule is COc1c(S(=O)(=O)Cl)ccc(Cl)c1Cl. The van der Waals surface area contributed by atoms with Crippen LogP contribution in [0.3, 0.4) is 0 Å². The fourth-order valence-corrected chi connectivity index (χ4v) is 2.35. The molecule has 0 spiro atoms. The van der Waals surface area contributed by atoms with Gasteiger partial charge in [-0.3, -0.25) is 0 Å². The van der Waals surface area contributed by atoms with Crippen LogP contribution >= 0.6 is 33.9 Å². The Morgan fingerprint density at radius 3 is 2.29 bits per heavy atom. The Morgan fingerprint density at radius 2 is 1.86 bits per heavy atom. The zero-order valence-corrected chi connectivity index (χ0v) is 10.0. The van der Waals surface area contributed by atoms with E-state index >= 15 is 0 Å². The zero-order valence-electron chi connectivity index (χ0n) is 6.92. The van der Waals surface area contributed by atoms with Gasteiger partial charge in [0.2, 0.25) is 0 Å². The molecule has 14 heavy (non-hydrogen) atoms. The number of rotatable bonds is 2. The third-order valence-corrected chi connectivity index (χ3v) is 3.61. The van der Waals surface area contributed by atoms with Gasteiger partial charge in [-0.2, -0.15) is 0 Å². The van der Waals surface area contributed by atoms with E-state index in [0.29, 0.717) is 0 Å². The maximum Gasteiger partial charge on any atom is 0.265 e. The van der Waals surface area contributed by atoms with Gasteiger partial charge in [0.25, 0.3) is 9.05 Å². The van der Waals surface area contributed by atoms with Crippen LogP contribution in [0.4, 0.5) is 0 Å². The van der Waals surface area contributed by atoms with Crippen LogP contribution in [0.5, 0.6) is 5.75 Å². The third kappa shape index (κ3) is 2.25. The highest BCUT2D eigenvalue weighted by Gasteiger charge is 2.20. The smallest absolute Gasteiger partial charge is 0.265 e. The van der Waals surface area contributed by atoms with Crippen LogP contribution in [-0.4, -0.2) is 15.5 Å². The first-order valence-corrected chi connectivity index (χ1v) is 6.41. The number of halogens is 3. The molecule has 1 rings (SSSR count). The Hall–Kier alpha value is -0.160. The number of hydrogen-bond donors (Lipinski definition) is 0. The van der Waals surface area contributed by atoms with Crippen LogP contribution in [0.15, 0.2) is 17.0 Å². The predicted molar refractivity (Wildman–Crippen MR) is 56.1 cm³/mol. The molecule has 0 aromatic heterocycles. The van der Waals surface area contributed by atoms with Crippen molar-refractivity contribution in [3.63, 3.8) is 0 Å². The summed E-state index contributed by atoms with van der Waals surface area (Å²) in [5, 5.41) is 0.225. The van der Waals surface area contributed by atoms with E-state index in [0.717, 1.165) is 0 Å². The fraction of sp³-hybridized carbons (Fsp3) is 0.143. The molecule has 7 heteroatoms. The van der Waals surface area contributed by atoms with Crippen molar-refractivity contribution in [1.82, 2.24) is 0 Å². The van der Waals surface area contributed by atoms with Crippen LogP contribution in [0.2, 0.25) is 10.0 Å². The topological polar surface area (TPSA) is 43.4 Å². The molecule has 1 aromatic carbocycles. The molecule has 0 unspecified atom stereocenters. The number of methoxy groups -OCH3 is 1. The van der Waals surface area contributed by atoms with Crippen molar-refractivity contribution < 1.29 is 13.2 Å². The van der Waals surface area contributed by atoms with Gasteiger partial charge in [-0.25, -0.2) is 8.42 Å². The Morgan fingerprint density at radius 1 is 1.29 bits per heavy atom. The molecule has 0 amide bonds. The van der Waals surface area contributed by atoms with Crippen LogP contribution in [0, 0.1) is 0 Å². The van der Waals surface area contributed by atoms with E-state index in [1.807, 2.05) is 0 Å². The van der Waals surface area contributed by atoms with Crippen LogP contribution < -0.4 is 4.74 Å². The second-order valence-corrected chi connectivity index (χ2v) is 5.65. The number of ether oxygens (including phenoxy) is 1. The molecular weight excluding hydrogens is 270 g/mol. The van der Waals surface area contributed by atoms with E-state index < -0.39 is 9.05 Å². The first-order valence-electron chi connectivity index (χ1n) is 3.34. The predicted octanol–water partition coefficient (Wildman–Crippen LogP) is 2.93. The molecule has 0 aliphatic heterocycles. The third-order valence-electron chi connectivity index (χ3n) is 1.48. The second kappa shape index (κ2) is 4.14. The van der Waals surface area contributed by atoms with E-state index in [1.165, 1.54) is 19.2 Å². The minimum Gasteiger partial charge on any atom is -0.494 e. The van der Waals surface area contributed by atoms with E-state index in [2.05, 4.69) is 0 Å². The molecule has 0 fully saturated rings. The van der Waals surface area contributed by atoms with Gasteiger partial charge in [-0.1, -0.05) is 23.2 Å².